The molecule has 0 radical (unpaired) electrons. The van der Waals surface area contributed by atoms with Crippen LogP contribution in [0.4, 0.5) is 4.79 Å². The van der Waals surface area contributed by atoms with Crippen LogP contribution >= 0.6 is 0 Å². The lowest BCUT2D eigenvalue weighted by Crippen LogP contribution is -2.52. The Labute approximate surface area is 70.5 Å². The second kappa shape index (κ2) is 3.10. The van der Waals surface area contributed by atoms with Crippen molar-refractivity contribution in [1.82, 2.24) is 5.32 Å². The number of hydrogen-bond acceptors (Lipinski definition) is 3. The van der Waals surface area contributed by atoms with Gasteiger partial charge in [0.2, 0.25) is 5.91 Å². The number of rotatable bonds is 2. The van der Waals surface area contributed by atoms with Crippen molar-refractivity contribution in [3.63, 3.8) is 0 Å². The molecule has 0 aromatic carbocycles. The fraction of sp³-hybridized carbons (Fsp3) is 0.714. The van der Waals surface area contributed by atoms with E-state index in [9.17, 15) is 9.59 Å². The molecule has 0 aromatic rings. The highest BCUT2D eigenvalue weighted by Crippen LogP contribution is 2.39. The maximum absolute atomic E-state index is 11.3. The quantitative estimate of drug-likeness (QED) is 0.513. The van der Waals surface area contributed by atoms with Crippen LogP contribution in [0.5, 0.6) is 0 Å². The molecule has 1 aliphatic rings. The zero-order valence-corrected chi connectivity index (χ0v) is 6.80. The maximum atomic E-state index is 11.3. The molecule has 5 heteroatoms. The minimum Gasteiger partial charge on any atom is -0.351 e. The van der Waals surface area contributed by atoms with E-state index in [1.165, 1.54) is 0 Å². The molecule has 0 aromatic heterocycles. The standard InChI is InChI=1S/C7H13N3O2/c8-4-7(2-1-3-7)5(11)10-6(9)12/h1-4,8H2,(H3,9,10,11,12). The zero-order valence-electron chi connectivity index (χ0n) is 6.80. The summed E-state index contributed by atoms with van der Waals surface area (Å²) in [6, 6.07) is -0.806. The van der Waals surface area contributed by atoms with Crippen LogP contribution in [-0.2, 0) is 4.79 Å². The minimum absolute atomic E-state index is 0.284. The van der Waals surface area contributed by atoms with Gasteiger partial charge in [-0.25, -0.2) is 4.79 Å². The normalized spacial score (nSPS) is 19.4. The van der Waals surface area contributed by atoms with Crippen LogP contribution < -0.4 is 16.8 Å². The molecule has 0 bridgehead atoms. The van der Waals surface area contributed by atoms with Gasteiger partial charge < -0.3 is 11.5 Å². The summed E-state index contributed by atoms with van der Waals surface area (Å²) in [6.45, 7) is 0.284. The van der Waals surface area contributed by atoms with Crippen LogP contribution in [0.1, 0.15) is 19.3 Å². The van der Waals surface area contributed by atoms with E-state index in [4.69, 9.17) is 11.5 Å². The van der Waals surface area contributed by atoms with E-state index in [0.717, 1.165) is 19.3 Å². The van der Waals surface area contributed by atoms with Crippen LogP contribution in [0.2, 0.25) is 0 Å². The Morgan fingerprint density at radius 3 is 2.25 bits per heavy atom. The van der Waals surface area contributed by atoms with E-state index >= 15 is 0 Å². The summed E-state index contributed by atoms with van der Waals surface area (Å²) in [4.78, 5) is 21.7. The van der Waals surface area contributed by atoms with Gasteiger partial charge in [0.15, 0.2) is 0 Å². The fourth-order valence-electron chi connectivity index (χ4n) is 1.37. The van der Waals surface area contributed by atoms with Crippen molar-refractivity contribution in [2.75, 3.05) is 6.54 Å². The predicted octanol–water partition coefficient (Wildman–Crippen LogP) is -0.690. The molecule has 1 saturated carbocycles. The van der Waals surface area contributed by atoms with Crippen LogP contribution in [0, 0.1) is 5.41 Å². The molecule has 12 heavy (non-hydrogen) atoms. The molecular formula is C7H13N3O2. The molecule has 0 aliphatic heterocycles. The Morgan fingerprint density at radius 2 is 2.00 bits per heavy atom. The largest absolute Gasteiger partial charge is 0.351 e. The van der Waals surface area contributed by atoms with Crippen LogP contribution in [0.3, 0.4) is 0 Å². The first-order valence-corrected chi connectivity index (χ1v) is 3.92. The third-order valence-electron chi connectivity index (χ3n) is 2.42. The van der Waals surface area contributed by atoms with Crippen LogP contribution in [0.25, 0.3) is 0 Å². The van der Waals surface area contributed by atoms with Gasteiger partial charge in [-0.2, -0.15) is 0 Å². The number of carbonyl (C=O) groups excluding carboxylic acids is 2. The van der Waals surface area contributed by atoms with E-state index in [1.807, 2.05) is 0 Å². The first kappa shape index (κ1) is 8.99. The molecule has 0 saturated heterocycles. The van der Waals surface area contributed by atoms with Gasteiger partial charge in [-0.1, -0.05) is 6.42 Å². The molecule has 0 heterocycles. The van der Waals surface area contributed by atoms with Crippen molar-refractivity contribution >= 4 is 11.9 Å². The first-order valence-electron chi connectivity index (χ1n) is 3.92. The van der Waals surface area contributed by atoms with Gasteiger partial charge in [-0.3, -0.25) is 10.1 Å². The fourth-order valence-corrected chi connectivity index (χ4v) is 1.37. The smallest absolute Gasteiger partial charge is 0.318 e. The molecule has 3 amide bonds. The van der Waals surface area contributed by atoms with E-state index in [1.54, 1.807) is 0 Å². The van der Waals surface area contributed by atoms with Gasteiger partial charge >= 0.3 is 6.03 Å². The molecule has 68 valence electrons. The molecule has 0 spiro atoms. The van der Waals surface area contributed by atoms with Gasteiger partial charge in [0.05, 0.1) is 5.41 Å². The van der Waals surface area contributed by atoms with Gasteiger partial charge in [0.1, 0.15) is 0 Å². The number of imide groups is 1. The summed E-state index contributed by atoms with van der Waals surface area (Å²) in [5, 5.41) is 2.06. The van der Waals surface area contributed by atoms with Crippen LogP contribution in [0.15, 0.2) is 0 Å². The van der Waals surface area contributed by atoms with Gasteiger partial charge in [0.25, 0.3) is 0 Å². The highest BCUT2D eigenvalue weighted by Gasteiger charge is 2.43. The summed E-state index contributed by atoms with van der Waals surface area (Å²) in [5.41, 5.74) is 9.73. The number of primary amides is 1. The summed E-state index contributed by atoms with van der Waals surface area (Å²) in [5.74, 6) is -0.330. The van der Waals surface area contributed by atoms with Crippen molar-refractivity contribution in [2.45, 2.75) is 19.3 Å². The highest BCUT2D eigenvalue weighted by molar-refractivity contribution is 5.97. The van der Waals surface area contributed by atoms with Gasteiger partial charge in [-0.15, -0.1) is 0 Å². The molecule has 5 N–H and O–H groups in total. The second-order valence-corrected chi connectivity index (χ2v) is 3.16. The van der Waals surface area contributed by atoms with Crippen LogP contribution in [-0.4, -0.2) is 18.5 Å². The van der Waals surface area contributed by atoms with Crippen molar-refractivity contribution in [3.8, 4) is 0 Å². The molecule has 1 aliphatic carbocycles. The van der Waals surface area contributed by atoms with E-state index in [2.05, 4.69) is 5.32 Å². The average molecular weight is 171 g/mol. The molecule has 0 atom stereocenters. The van der Waals surface area contributed by atoms with Crippen molar-refractivity contribution in [1.29, 1.82) is 0 Å². The summed E-state index contributed by atoms with van der Waals surface area (Å²) in [6.07, 6.45) is 2.49. The SMILES string of the molecule is NCC1(C(=O)NC(N)=O)CCC1. The van der Waals surface area contributed by atoms with E-state index in [-0.39, 0.29) is 12.5 Å². The molecule has 1 fully saturated rings. The molecular weight excluding hydrogens is 158 g/mol. The summed E-state index contributed by atoms with van der Waals surface area (Å²) < 4.78 is 0. The summed E-state index contributed by atoms with van der Waals surface area (Å²) in [7, 11) is 0. The molecule has 5 nitrogen and oxygen atoms in total. The summed E-state index contributed by atoms with van der Waals surface area (Å²) >= 11 is 0. The monoisotopic (exact) mass is 171 g/mol. The lowest BCUT2D eigenvalue weighted by molar-refractivity contribution is -0.133. The third kappa shape index (κ3) is 1.40. The highest BCUT2D eigenvalue weighted by atomic mass is 16.2. The van der Waals surface area contributed by atoms with E-state index < -0.39 is 11.4 Å². The lowest BCUT2D eigenvalue weighted by Gasteiger charge is -2.38. The predicted molar refractivity (Wildman–Crippen MR) is 43.1 cm³/mol. The number of nitrogens with one attached hydrogen (secondary N) is 1. The Hall–Kier alpha value is -1.10. The Bertz CT molecular complexity index is 205. The second-order valence-electron chi connectivity index (χ2n) is 3.16. The third-order valence-corrected chi connectivity index (χ3v) is 2.42. The topological polar surface area (TPSA) is 98.2 Å². The average Bonchev–Trinajstić information content (AvgIpc) is 1.83. The zero-order chi connectivity index (χ0) is 9.19. The first-order chi connectivity index (χ1) is 5.60. The van der Waals surface area contributed by atoms with Crippen molar-refractivity contribution in [3.05, 3.63) is 0 Å². The number of hydrogen-bond donors (Lipinski definition) is 3. The minimum atomic E-state index is -0.806. The Morgan fingerprint density at radius 1 is 1.42 bits per heavy atom. The van der Waals surface area contributed by atoms with Crippen molar-refractivity contribution < 1.29 is 9.59 Å². The number of amides is 3. The maximum Gasteiger partial charge on any atom is 0.318 e. The van der Waals surface area contributed by atoms with E-state index in [0.29, 0.717) is 0 Å². The van der Waals surface area contributed by atoms with Crippen molar-refractivity contribution in [2.24, 2.45) is 16.9 Å². The number of urea groups is 1. The number of nitrogens with two attached hydrogens (primary N) is 2. The molecule has 0 unspecified atom stereocenters. The Kier molecular flexibility index (Phi) is 2.32. The van der Waals surface area contributed by atoms with Gasteiger partial charge in [-0.05, 0) is 12.8 Å². The lowest BCUT2D eigenvalue weighted by atomic mass is 9.68. The van der Waals surface area contributed by atoms with Gasteiger partial charge in [0, 0.05) is 6.54 Å². The number of carbonyl (C=O) groups is 2. The molecule has 1 rings (SSSR count). The Balaban J connectivity index is 2.55.